The maximum absolute atomic E-state index is 5.88. The molecule has 1 heterocycles. The Morgan fingerprint density at radius 1 is 1.33 bits per heavy atom. The van der Waals surface area contributed by atoms with Gasteiger partial charge in [-0.1, -0.05) is 38.1 Å². The van der Waals surface area contributed by atoms with E-state index in [2.05, 4.69) is 43.4 Å². The van der Waals surface area contributed by atoms with E-state index in [-0.39, 0.29) is 6.10 Å². The lowest BCUT2D eigenvalue weighted by molar-refractivity contribution is 0.0314. The second kappa shape index (κ2) is 6.88. The van der Waals surface area contributed by atoms with E-state index in [1.807, 2.05) is 0 Å². The zero-order chi connectivity index (χ0) is 12.8. The van der Waals surface area contributed by atoms with Gasteiger partial charge in [0.05, 0.1) is 19.3 Å². The van der Waals surface area contributed by atoms with Gasteiger partial charge in [-0.3, -0.25) is 0 Å². The van der Waals surface area contributed by atoms with Gasteiger partial charge in [0.2, 0.25) is 0 Å². The Balaban J connectivity index is 1.89. The lowest BCUT2D eigenvalue weighted by atomic mass is 10.1. The largest absolute Gasteiger partial charge is 0.379 e. The fourth-order valence-corrected chi connectivity index (χ4v) is 2.04. The van der Waals surface area contributed by atoms with E-state index in [9.17, 15) is 0 Å². The normalized spacial score (nSPS) is 19.6. The first-order valence-electron chi connectivity index (χ1n) is 6.75. The van der Waals surface area contributed by atoms with Crippen molar-refractivity contribution in [1.82, 2.24) is 5.32 Å². The average molecular weight is 249 g/mol. The molecule has 3 nitrogen and oxygen atoms in total. The molecule has 1 unspecified atom stereocenters. The molecule has 0 radical (unpaired) electrons. The van der Waals surface area contributed by atoms with Crippen molar-refractivity contribution in [3.05, 3.63) is 35.4 Å². The molecule has 1 aromatic carbocycles. The van der Waals surface area contributed by atoms with Gasteiger partial charge >= 0.3 is 0 Å². The van der Waals surface area contributed by atoms with Crippen LogP contribution in [-0.4, -0.2) is 25.4 Å². The van der Waals surface area contributed by atoms with Gasteiger partial charge in [0.1, 0.15) is 0 Å². The first kappa shape index (κ1) is 13.5. The van der Waals surface area contributed by atoms with Crippen molar-refractivity contribution in [2.75, 3.05) is 13.2 Å². The van der Waals surface area contributed by atoms with Crippen molar-refractivity contribution in [2.24, 2.45) is 0 Å². The predicted octanol–water partition coefficient (Wildman–Crippen LogP) is 2.49. The van der Waals surface area contributed by atoms with Crippen molar-refractivity contribution in [3.63, 3.8) is 0 Å². The third kappa shape index (κ3) is 4.09. The van der Waals surface area contributed by atoms with Crippen LogP contribution in [0.2, 0.25) is 0 Å². The molecule has 18 heavy (non-hydrogen) atoms. The molecule has 1 fully saturated rings. The molecule has 100 valence electrons. The van der Waals surface area contributed by atoms with Crippen LogP contribution < -0.4 is 5.32 Å². The molecule has 1 N–H and O–H groups in total. The van der Waals surface area contributed by atoms with Crippen LogP contribution in [0.3, 0.4) is 0 Å². The zero-order valence-electron chi connectivity index (χ0n) is 11.3. The van der Waals surface area contributed by atoms with E-state index in [4.69, 9.17) is 9.47 Å². The summed E-state index contributed by atoms with van der Waals surface area (Å²) in [5.74, 6) is 0. The van der Waals surface area contributed by atoms with Gasteiger partial charge in [-0.25, -0.2) is 0 Å². The number of nitrogens with one attached hydrogen (secondary N) is 1. The molecule has 0 saturated carbocycles. The van der Waals surface area contributed by atoms with Gasteiger partial charge in [-0.15, -0.1) is 0 Å². The summed E-state index contributed by atoms with van der Waals surface area (Å²) in [7, 11) is 0. The summed E-state index contributed by atoms with van der Waals surface area (Å²) in [6, 6.07) is 8.97. The van der Waals surface area contributed by atoms with E-state index >= 15 is 0 Å². The van der Waals surface area contributed by atoms with Gasteiger partial charge in [0.25, 0.3) is 0 Å². The van der Waals surface area contributed by atoms with Crippen LogP contribution in [0.1, 0.15) is 31.4 Å². The SMILES string of the molecule is CC(C)NCc1ccccc1COC1CCOC1. The summed E-state index contributed by atoms with van der Waals surface area (Å²) in [5.41, 5.74) is 2.60. The molecule has 1 aliphatic heterocycles. The predicted molar refractivity (Wildman–Crippen MR) is 72.4 cm³/mol. The maximum atomic E-state index is 5.88. The molecule has 0 aromatic heterocycles. The van der Waals surface area contributed by atoms with Crippen molar-refractivity contribution < 1.29 is 9.47 Å². The topological polar surface area (TPSA) is 30.5 Å². The molecular formula is C15H23NO2. The fraction of sp³-hybridized carbons (Fsp3) is 0.600. The number of rotatable bonds is 6. The number of hydrogen-bond donors (Lipinski definition) is 1. The summed E-state index contributed by atoms with van der Waals surface area (Å²) in [4.78, 5) is 0. The summed E-state index contributed by atoms with van der Waals surface area (Å²) in [6.07, 6.45) is 1.29. The highest BCUT2D eigenvalue weighted by molar-refractivity contribution is 5.26. The molecule has 0 bridgehead atoms. The summed E-state index contributed by atoms with van der Waals surface area (Å²) in [6.45, 7) is 7.49. The van der Waals surface area contributed by atoms with Crippen LogP contribution >= 0.6 is 0 Å². The van der Waals surface area contributed by atoms with E-state index in [0.29, 0.717) is 12.6 Å². The Kier molecular flexibility index (Phi) is 5.17. The standard InChI is InChI=1S/C15H23NO2/c1-12(2)16-9-13-5-3-4-6-14(13)10-18-15-7-8-17-11-15/h3-6,12,15-16H,7-11H2,1-2H3. The van der Waals surface area contributed by atoms with Crippen molar-refractivity contribution >= 4 is 0 Å². The monoisotopic (exact) mass is 249 g/mol. The Hall–Kier alpha value is -0.900. The number of hydrogen-bond acceptors (Lipinski definition) is 3. The fourth-order valence-electron chi connectivity index (χ4n) is 2.04. The zero-order valence-corrected chi connectivity index (χ0v) is 11.3. The smallest absolute Gasteiger partial charge is 0.0834 e. The Morgan fingerprint density at radius 3 is 2.78 bits per heavy atom. The van der Waals surface area contributed by atoms with Crippen LogP contribution in [0.15, 0.2) is 24.3 Å². The lowest BCUT2D eigenvalue weighted by Gasteiger charge is -2.15. The molecule has 0 aliphatic carbocycles. The third-order valence-electron chi connectivity index (χ3n) is 3.18. The quantitative estimate of drug-likeness (QED) is 0.840. The van der Waals surface area contributed by atoms with Crippen molar-refractivity contribution in [1.29, 1.82) is 0 Å². The van der Waals surface area contributed by atoms with Crippen molar-refractivity contribution in [3.8, 4) is 0 Å². The molecule has 1 saturated heterocycles. The van der Waals surface area contributed by atoms with E-state index < -0.39 is 0 Å². The van der Waals surface area contributed by atoms with Gasteiger partial charge in [-0.2, -0.15) is 0 Å². The van der Waals surface area contributed by atoms with Crippen molar-refractivity contribution in [2.45, 2.75) is 45.6 Å². The molecule has 3 heteroatoms. The molecular weight excluding hydrogens is 226 g/mol. The Morgan fingerprint density at radius 2 is 2.11 bits per heavy atom. The van der Waals surface area contributed by atoms with Gasteiger partial charge in [0, 0.05) is 19.2 Å². The summed E-state index contributed by atoms with van der Waals surface area (Å²) < 4.78 is 11.2. The van der Waals surface area contributed by atoms with Crippen LogP contribution in [-0.2, 0) is 22.6 Å². The van der Waals surface area contributed by atoms with E-state index in [1.54, 1.807) is 0 Å². The molecule has 1 aromatic rings. The number of ether oxygens (including phenoxy) is 2. The summed E-state index contributed by atoms with van der Waals surface area (Å²) >= 11 is 0. The minimum atomic E-state index is 0.274. The molecule has 1 atom stereocenters. The van der Waals surface area contributed by atoms with Crippen LogP contribution in [0, 0.1) is 0 Å². The second-order valence-electron chi connectivity index (χ2n) is 5.10. The first-order valence-corrected chi connectivity index (χ1v) is 6.75. The first-order chi connectivity index (χ1) is 8.75. The van der Waals surface area contributed by atoms with E-state index in [0.717, 1.165) is 26.2 Å². The van der Waals surface area contributed by atoms with Crippen LogP contribution in [0.4, 0.5) is 0 Å². The highest BCUT2D eigenvalue weighted by Crippen LogP contribution is 2.14. The Labute approximate surface area is 109 Å². The molecule has 2 rings (SSSR count). The minimum Gasteiger partial charge on any atom is -0.379 e. The van der Waals surface area contributed by atoms with Crippen LogP contribution in [0.5, 0.6) is 0 Å². The maximum Gasteiger partial charge on any atom is 0.0834 e. The van der Waals surface area contributed by atoms with Crippen LogP contribution in [0.25, 0.3) is 0 Å². The minimum absolute atomic E-state index is 0.274. The molecule has 1 aliphatic rings. The highest BCUT2D eigenvalue weighted by atomic mass is 16.5. The van der Waals surface area contributed by atoms with E-state index in [1.165, 1.54) is 11.1 Å². The van der Waals surface area contributed by atoms with Gasteiger partial charge in [-0.05, 0) is 17.5 Å². The third-order valence-corrected chi connectivity index (χ3v) is 3.18. The second-order valence-corrected chi connectivity index (χ2v) is 5.10. The number of benzene rings is 1. The lowest BCUT2D eigenvalue weighted by Crippen LogP contribution is -2.23. The summed E-state index contributed by atoms with van der Waals surface area (Å²) in [5, 5.41) is 3.45. The van der Waals surface area contributed by atoms with Gasteiger partial charge in [0.15, 0.2) is 0 Å². The van der Waals surface area contributed by atoms with Gasteiger partial charge < -0.3 is 14.8 Å². The molecule has 0 amide bonds. The average Bonchev–Trinajstić information content (AvgIpc) is 2.88. The molecule has 0 spiro atoms. The highest BCUT2D eigenvalue weighted by Gasteiger charge is 2.16. The Bertz CT molecular complexity index is 359.